The Kier molecular flexibility index (Phi) is 4.77. The summed E-state index contributed by atoms with van der Waals surface area (Å²) in [6.07, 6.45) is 0. The second-order valence-corrected chi connectivity index (χ2v) is 7.02. The van der Waals surface area contributed by atoms with Crippen molar-refractivity contribution in [2.75, 3.05) is 19.5 Å². The number of rotatable bonds is 5. The van der Waals surface area contributed by atoms with Gasteiger partial charge in [-0.1, -0.05) is 18.2 Å². The lowest BCUT2D eigenvalue weighted by Crippen LogP contribution is -2.17. The summed E-state index contributed by atoms with van der Waals surface area (Å²) in [5.41, 5.74) is 3.44. The first-order chi connectivity index (χ1) is 13.2. The Morgan fingerprint density at radius 3 is 2.67 bits per heavy atom. The lowest BCUT2D eigenvalue weighted by atomic mass is 10.1. The number of amides is 1. The number of nitrogens with zero attached hydrogens (tertiary/aromatic N) is 2. The van der Waals surface area contributed by atoms with E-state index in [0.717, 1.165) is 28.5 Å². The fraction of sp³-hybridized carbons (Fsp3) is 0.200. The van der Waals surface area contributed by atoms with Gasteiger partial charge in [-0.05, 0) is 24.3 Å². The minimum absolute atomic E-state index is 0.244. The van der Waals surface area contributed by atoms with Crippen LogP contribution in [0.5, 0.6) is 11.5 Å². The second-order valence-electron chi connectivity index (χ2n) is 6.03. The number of methoxy groups -OCH3 is 2. The van der Waals surface area contributed by atoms with Crippen molar-refractivity contribution in [1.29, 1.82) is 0 Å². The van der Waals surface area contributed by atoms with Gasteiger partial charge in [-0.2, -0.15) is 16.9 Å². The molecule has 3 aromatic rings. The van der Waals surface area contributed by atoms with Crippen molar-refractivity contribution in [2.24, 2.45) is 0 Å². The number of nitrogens with one attached hydrogen (secondary N) is 1. The van der Waals surface area contributed by atoms with E-state index in [9.17, 15) is 4.79 Å². The highest BCUT2D eigenvalue weighted by Crippen LogP contribution is 2.36. The third kappa shape index (κ3) is 3.26. The van der Waals surface area contributed by atoms with Crippen molar-refractivity contribution < 1.29 is 14.3 Å². The Labute approximate surface area is 161 Å². The monoisotopic (exact) mass is 381 g/mol. The Balaban J connectivity index is 1.72. The van der Waals surface area contributed by atoms with Crippen molar-refractivity contribution in [3.63, 3.8) is 0 Å². The van der Waals surface area contributed by atoms with Crippen LogP contribution < -0.4 is 14.8 Å². The van der Waals surface area contributed by atoms with Gasteiger partial charge in [-0.25, -0.2) is 4.68 Å². The van der Waals surface area contributed by atoms with Crippen molar-refractivity contribution in [3.8, 4) is 17.2 Å². The molecule has 0 spiro atoms. The van der Waals surface area contributed by atoms with Crippen LogP contribution in [0.1, 0.15) is 21.6 Å². The number of thioether (sulfide) groups is 1. The maximum atomic E-state index is 13.0. The van der Waals surface area contributed by atoms with Gasteiger partial charge in [0.1, 0.15) is 17.3 Å². The van der Waals surface area contributed by atoms with Crippen LogP contribution in [0.15, 0.2) is 48.5 Å². The van der Waals surface area contributed by atoms with E-state index >= 15 is 0 Å². The van der Waals surface area contributed by atoms with E-state index < -0.39 is 0 Å². The van der Waals surface area contributed by atoms with Gasteiger partial charge >= 0.3 is 0 Å². The van der Waals surface area contributed by atoms with Crippen LogP contribution in [0.25, 0.3) is 5.69 Å². The van der Waals surface area contributed by atoms with E-state index in [4.69, 9.17) is 14.6 Å². The molecule has 0 fully saturated rings. The fourth-order valence-corrected chi connectivity index (χ4v) is 4.09. The van der Waals surface area contributed by atoms with E-state index in [1.807, 2.05) is 30.3 Å². The summed E-state index contributed by atoms with van der Waals surface area (Å²) in [4.78, 5) is 13.0. The molecular formula is C20H19N3O3S. The van der Waals surface area contributed by atoms with Crippen LogP contribution in [0.2, 0.25) is 0 Å². The number of carbonyl (C=O) groups is 1. The third-order valence-corrected chi connectivity index (χ3v) is 5.41. The predicted molar refractivity (Wildman–Crippen MR) is 106 cm³/mol. The molecule has 0 saturated heterocycles. The first kappa shape index (κ1) is 17.5. The topological polar surface area (TPSA) is 65.4 Å². The van der Waals surface area contributed by atoms with E-state index in [-0.39, 0.29) is 5.91 Å². The summed E-state index contributed by atoms with van der Waals surface area (Å²) in [7, 11) is 3.11. The summed E-state index contributed by atoms with van der Waals surface area (Å²) >= 11 is 1.79. The molecule has 0 atom stereocenters. The normalized spacial score (nSPS) is 12.5. The number of hydrogen-bond donors (Lipinski definition) is 1. The lowest BCUT2D eigenvalue weighted by molar-refractivity contribution is 0.102. The molecule has 0 saturated carbocycles. The first-order valence-corrected chi connectivity index (χ1v) is 9.64. The number of aromatic nitrogens is 2. The van der Waals surface area contributed by atoms with Crippen LogP contribution in [0, 0.1) is 0 Å². The highest BCUT2D eigenvalue weighted by Gasteiger charge is 2.25. The highest BCUT2D eigenvalue weighted by molar-refractivity contribution is 7.98. The zero-order valence-electron chi connectivity index (χ0n) is 15.1. The van der Waals surface area contributed by atoms with Crippen molar-refractivity contribution in [1.82, 2.24) is 9.78 Å². The molecular weight excluding hydrogens is 362 g/mol. The maximum Gasteiger partial charge on any atom is 0.260 e. The Morgan fingerprint density at radius 2 is 1.93 bits per heavy atom. The van der Waals surface area contributed by atoms with Crippen LogP contribution in [-0.4, -0.2) is 29.9 Å². The fourth-order valence-electron chi connectivity index (χ4n) is 3.06. The Hall–Kier alpha value is -2.93. The second kappa shape index (κ2) is 7.36. The van der Waals surface area contributed by atoms with E-state index in [0.29, 0.717) is 22.9 Å². The number of benzene rings is 2. The molecule has 0 aliphatic carbocycles. The molecule has 2 heterocycles. The summed E-state index contributed by atoms with van der Waals surface area (Å²) in [5.74, 6) is 3.25. The minimum atomic E-state index is -0.244. The van der Waals surface area contributed by atoms with Gasteiger partial charge in [0.15, 0.2) is 0 Å². The standard InChI is InChI=1S/C20H19N3O3S/c1-25-14-8-9-15(18(10-14)26-2)20(24)21-19-16-11-27-12-17(16)22-23(19)13-6-4-3-5-7-13/h3-10H,11-12H2,1-2H3,(H,21,24). The minimum Gasteiger partial charge on any atom is -0.497 e. The third-order valence-electron chi connectivity index (χ3n) is 4.44. The number of carbonyl (C=O) groups excluding carboxylic acids is 1. The molecule has 1 amide bonds. The van der Waals surface area contributed by atoms with Gasteiger partial charge < -0.3 is 14.8 Å². The number of anilines is 1. The molecule has 0 unspecified atom stereocenters. The van der Waals surface area contributed by atoms with Gasteiger partial charge in [-0.3, -0.25) is 4.79 Å². The van der Waals surface area contributed by atoms with E-state index in [1.165, 1.54) is 7.11 Å². The maximum absolute atomic E-state index is 13.0. The molecule has 1 aliphatic rings. The number of ether oxygens (including phenoxy) is 2. The lowest BCUT2D eigenvalue weighted by Gasteiger charge is -2.13. The smallest absolute Gasteiger partial charge is 0.260 e. The summed E-state index contributed by atoms with van der Waals surface area (Å²) in [6.45, 7) is 0. The van der Waals surface area contributed by atoms with Gasteiger partial charge in [0, 0.05) is 23.1 Å². The van der Waals surface area contributed by atoms with Gasteiger partial charge in [0.2, 0.25) is 0 Å². The molecule has 1 aromatic heterocycles. The summed E-state index contributed by atoms with van der Waals surface area (Å²) in [6, 6.07) is 14.9. The molecule has 138 valence electrons. The predicted octanol–water partition coefficient (Wildman–Crippen LogP) is 3.89. The largest absolute Gasteiger partial charge is 0.497 e. The zero-order valence-corrected chi connectivity index (χ0v) is 15.9. The van der Waals surface area contributed by atoms with Crippen molar-refractivity contribution in [3.05, 3.63) is 65.4 Å². The molecule has 1 aliphatic heterocycles. The molecule has 0 bridgehead atoms. The number of para-hydroxylation sites is 1. The van der Waals surface area contributed by atoms with Crippen LogP contribution in [0.3, 0.4) is 0 Å². The summed E-state index contributed by atoms with van der Waals surface area (Å²) in [5, 5.41) is 7.75. The van der Waals surface area contributed by atoms with E-state index in [1.54, 1.807) is 41.8 Å². The van der Waals surface area contributed by atoms with E-state index in [2.05, 4.69) is 5.32 Å². The molecule has 4 rings (SSSR count). The quantitative estimate of drug-likeness (QED) is 0.726. The molecule has 6 nitrogen and oxygen atoms in total. The molecule has 7 heteroatoms. The van der Waals surface area contributed by atoms with Crippen LogP contribution in [-0.2, 0) is 11.5 Å². The summed E-state index contributed by atoms with van der Waals surface area (Å²) < 4.78 is 12.4. The first-order valence-electron chi connectivity index (χ1n) is 8.48. The number of hydrogen-bond acceptors (Lipinski definition) is 5. The van der Waals surface area contributed by atoms with Crippen LogP contribution in [0.4, 0.5) is 5.82 Å². The average Bonchev–Trinajstić information content (AvgIpc) is 3.30. The Bertz CT molecular complexity index is 986. The Morgan fingerprint density at radius 1 is 1.11 bits per heavy atom. The highest BCUT2D eigenvalue weighted by atomic mass is 32.2. The van der Waals surface area contributed by atoms with Crippen molar-refractivity contribution >= 4 is 23.5 Å². The van der Waals surface area contributed by atoms with Crippen molar-refractivity contribution in [2.45, 2.75) is 11.5 Å². The van der Waals surface area contributed by atoms with Gasteiger partial charge in [-0.15, -0.1) is 0 Å². The molecule has 1 N–H and O–H groups in total. The van der Waals surface area contributed by atoms with Crippen LogP contribution >= 0.6 is 11.8 Å². The zero-order chi connectivity index (χ0) is 18.8. The van der Waals surface area contributed by atoms with Gasteiger partial charge in [0.05, 0.1) is 31.2 Å². The molecule has 2 aromatic carbocycles. The molecule has 0 radical (unpaired) electrons. The number of fused-ring (bicyclic) bond motifs is 1. The molecule has 27 heavy (non-hydrogen) atoms. The van der Waals surface area contributed by atoms with Gasteiger partial charge in [0.25, 0.3) is 5.91 Å². The average molecular weight is 381 g/mol. The SMILES string of the molecule is COc1ccc(C(=O)Nc2c3c(nn2-c2ccccc2)CSC3)c(OC)c1.